The van der Waals surface area contributed by atoms with E-state index in [1.54, 1.807) is 7.05 Å². The van der Waals surface area contributed by atoms with Gasteiger partial charge in [0.2, 0.25) is 5.89 Å². The number of oxazole rings is 1. The van der Waals surface area contributed by atoms with E-state index in [1.807, 2.05) is 50.1 Å². The van der Waals surface area contributed by atoms with E-state index < -0.39 is 0 Å². The molecule has 1 aromatic carbocycles. The molecule has 0 unspecified atom stereocenters. The summed E-state index contributed by atoms with van der Waals surface area (Å²) < 4.78 is 5.56. The van der Waals surface area contributed by atoms with Gasteiger partial charge in [-0.3, -0.25) is 4.99 Å². The Bertz CT molecular complexity index is 652. The number of hydrogen-bond donors (Lipinski definition) is 1. The van der Waals surface area contributed by atoms with Gasteiger partial charge in [-0.15, -0.1) is 24.0 Å². The summed E-state index contributed by atoms with van der Waals surface area (Å²) in [4.78, 5) is 10.7. The smallest absolute Gasteiger partial charge is 0.214 e. The topological polar surface area (TPSA) is 53.7 Å². The number of nitrogens with one attached hydrogen (secondary N) is 1. The van der Waals surface area contributed by atoms with Crippen LogP contribution in [0.4, 0.5) is 0 Å². The zero-order valence-electron chi connectivity index (χ0n) is 13.8. The highest BCUT2D eigenvalue weighted by atomic mass is 127. The van der Waals surface area contributed by atoms with E-state index >= 15 is 0 Å². The first-order valence-corrected chi connectivity index (χ1v) is 7.46. The van der Waals surface area contributed by atoms with Crippen molar-refractivity contribution in [2.45, 2.75) is 26.9 Å². The molecule has 0 aliphatic rings. The standard InChI is InChI=1S/C16H21ClN4O.HI/c1-11-12(2)22-15(20-11)9-19-16(18-3)21(4)10-13-6-5-7-14(17)8-13;/h5-8H,9-10H2,1-4H3,(H,18,19);1H. The van der Waals surface area contributed by atoms with Gasteiger partial charge in [0.05, 0.1) is 12.2 Å². The molecular formula is C16H22ClIN4O. The molecule has 0 bridgehead atoms. The first-order valence-electron chi connectivity index (χ1n) is 7.08. The fourth-order valence-corrected chi connectivity index (χ4v) is 2.35. The first-order chi connectivity index (χ1) is 10.5. The minimum Gasteiger partial charge on any atom is -0.444 e. The minimum absolute atomic E-state index is 0. The van der Waals surface area contributed by atoms with E-state index in [0.29, 0.717) is 19.0 Å². The third-order valence-corrected chi connectivity index (χ3v) is 3.59. The van der Waals surface area contributed by atoms with E-state index in [-0.39, 0.29) is 24.0 Å². The molecule has 7 heteroatoms. The van der Waals surface area contributed by atoms with Crippen molar-refractivity contribution in [2.24, 2.45) is 4.99 Å². The molecule has 2 aromatic rings. The molecule has 0 atom stereocenters. The second-order valence-electron chi connectivity index (χ2n) is 5.14. The van der Waals surface area contributed by atoms with Gasteiger partial charge < -0.3 is 14.6 Å². The Morgan fingerprint density at radius 2 is 2.13 bits per heavy atom. The Kier molecular flexibility index (Phi) is 7.84. The number of benzene rings is 1. The molecule has 0 radical (unpaired) electrons. The van der Waals surface area contributed by atoms with E-state index in [2.05, 4.69) is 15.3 Å². The molecule has 126 valence electrons. The van der Waals surface area contributed by atoms with Crippen molar-refractivity contribution < 1.29 is 4.42 Å². The number of halogens is 2. The lowest BCUT2D eigenvalue weighted by Crippen LogP contribution is -2.38. The number of rotatable bonds is 4. The van der Waals surface area contributed by atoms with Gasteiger partial charge in [-0.2, -0.15) is 0 Å². The van der Waals surface area contributed by atoms with Crippen LogP contribution in [0.15, 0.2) is 33.7 Å². The summed E-state index contributed by atoms with van der Waals surface area (Å²) in [5.74, 6) is 2.28. The number of aliphatic imine (C=N–C) groups is 1. The predicted molar refractivity (Wildman–Crippen MR) is 105 cm³/mol. The van der Waals surface area contributed by atoms with Gasteiger partial charge in [-0.1, -0.05) is 23.7 Å². The van der Waals surface area contributed by atoms with Crippen LogP contribution in [0.3, 0.4) is 0 Å². The average molecular weight is 449 g/mol. The van der Waals surface area contributed by atoms with Gasteiger partial charge in [0.1, 0.15) is 5.76 Å². The van der Waals surface area contributed by atoms with Crippen LogP contribution in [-0.4, -0.2) is 29.9 Å². The zero-order chi connectivity index (χ0) is 16.1. The van der Waals surface area contributed by atoms with Crippen LogP contribution in [0.5, 0.6) is 0 Å². The quantitative estimate of drug-likeness (QED) is 0.439. The van der Waals surface area contributed by atoms with Crippen molar-refractivity contribution >= 4 is 41.5 Å². The second-order valence-corrected chi connectivity index (χ2v) is 5.57. The summed E-state index contributed by atoms with van der Waals surface area (Å²) in [6, 6.07) is 7.80. The maximum Gasteiger partial charge on any atom is 0.214 e. The number of nitrogens with zero attached hydrogens (tertiary/aromatic N) is 3. The van der Waals surface area contributed by atoms with Crippen LogP contribution < -0.4 is 5.32 Å². The Balaban J connectivity index is 0.00000264. The molecule has 0 saturated heterocycles. The molecule has 1 N–H and O–H groups in total. The third-order valence-electron chi connectivity index (χ3n) is 3.35. The fourth-order valence-electron chi connectivity index (χ4n) is 2.14. The maximum atomic E-state index is 6.02. The molecule has 0 aliphatic carbocycles. The van der Waals surface area contributed by atoms with Crippen LogP contribution in [-0.2, 0) is 13.1 Å². The Morgan fingerprint density at radius 1 is 1.39 bits per heavy atom. The van der Waals surface area contributed by atoms with E-state index in [0.717, 1.165) is 28.0 Å². The lowest BCUT2D eigenvalue weighted by Gasteiger charge is -2.21. The van der Waals surface area contributed by atoms with Crippen molar-refractivity contribution in [3.63, 3.8) is 0 Å². The summed E-state index contributed by atoms with van der Waals surface area (Å²) in [6.45, 7) is 5.06. The number of aromatic nitrogens is 1. The molecule has 0 spiro atoms. The van der Waals surface area contributed by atoms with Gasteiger partial charge >= 0.3 is 0 Å². The normalized spacial score (nSPS) is 11.1. The molecule has 0 amide bonds. The maximum absolute atomic E-state index is 6.02. The largest absolute Gasteiger partial charge is 0.444 e. The number of aryl methyl sites for hydroxylation is 2. The predicted octanol–water partition coefficient (Wildman–Crippen LogP) is 3.77. The second kappa shape index (κ2) is 9.12. The van der Waals surface area contributed by atoms with Crippen molar-refractivity contribution in [2.75, 3.05) is 14.1 Å². The van der Waals surface area contributed by atoms with Crippen LogP contribution >= 0.6 is 35.6 Å². The lowest BCUT2D eigenvalue weighted by molar-refractivity contribution is 0.443. The number of hydrogen-bond acceptors (Lipinski definition) is 3. The highest BCUT2D eigenvalue weighted by Crippen LogP contribution is 2.12. The highest BCUT2D eigenvalue weighted by Gasteiger charge is 2.10. The summed E-state index contributed by atoms with van der Waals surface area (Å²) in [7, 11) is 3.73. The van der Waals surface area contributed by atoms with E-state index in [9.17, 15) is 0 Å². The van der Waals surface area contributed by atoms with Gasteiger partial charge in [0, 0.05) is 25.7 Å². The van der Waals surface area contributed by atoms with Gasteiger partial charge in [0.25, 0.3) is 0 Å². The molecule has 5 nitrogen and oxygen atoms in total. The Labute approximate surface area is 159 Å². The van der Waals surface area contributed by atoms with Crippen LogP contribution in [0.1, 0.15) is 22.9 Å². The fraction of sp³-hybridized carbons (Fsp3) is 0.375. The first kappa shape index (κ1) is 19.8. The van der Waals surface area contributed by atoms with Gasteiger partial charge in [0.15, 0.2) is 5.96 Å². The van der Waals surface area contributed by atoms with Crippen LogP contribution in [0.2, 0.25) is 5.02 Å². The van der Waals surface area contributed by atoms with E-state index in [1.165, 1.54) is 0 Å². The van der Waals surface area contributed by atoms with E-state index in [4.69, 9.17) is 16.0 Å². The summed E-state index contributed by atoms with van der Waals surface area (Å²) in [5, 5.41) is 3.98. The molecule has 1 heterocycles. The molecule has 1 aromatic heterocycles. The third kappa shape index (κ3) is 5.69. The molecule has 0 saturated carbocycles. The molecule has 23 heavy (non-hydrogen) atoms. The summed E-state index contributed by atoms with van der Waals surface area (Å²) in [6.07, 6.45) is 0. The van der Waals surface area contributed by atoms with Gasteiger partial charge in [-0.25, -0.2) is 4.98 Å². The van der Waals surface area contributed by atoms with Crippen LogP contribution in [0, 0.1) is 13.8 Å². The van der Waals surface area contributed by atoms with Crippen molar-refractivity contribution in [1.82, 2.24) is 15.2 Å². The zero-order valence-corrected chi connectivity index (χ0v) is 16.8. The summed E-state index contributed by atoms with van der Waals surface area (Å²) in [5.41, 5.74) is 2.04. The Hall–Kier alpha value is -1.28. The average Bonchev–Trinajstić information content (AvgIpc) is 2.78. The van der Waals surface area contributed by atoms with Crippen molar-refractivity contribution in [3.8, 4) is 0 Å². The highest BCUT2D eigenvalue weighted by molar-refractivity contribution is 14.0. The lowest BCUT2D eigenvalue weighted by atomic mass is 10.2. The minimum atomic E-state index is 0. The monoisotopic (exact) mass is 448 g/mol. The molecule has 2 rings (SSSR count). The van der Waals surface area contributed by atoms with Crippen molar-refractivity contribution in [3.05, 3.63) is 52.2 Å². The van der Waals surface area contributed by atoms with Crippen molar-refractivity contribution in [1.29, 1.82) is 0 Å². The molecular weight excluding hydrogens is 427 g/mol. The number of guanidine groups is 1. The SMILES string of the molecule is CN=C(NCc1nc(C)c(C)o1)N(C)Cc1cccc(Cl)c1.I. The van der Waals surface area contributed by atoms with Gasteiger partial charge in [-0.05, 0) is 31.5 Å². The Morgan fingerprint density at radius 3 is 2.70 bits per heavy atom. The van der Waals surface area contributed by atoms with Crippen LogP contribution in [0.25, 0.3) is 0 Å². The summed E-state index contributed by atoms with van der Waals surface area (Å²) >= 11 is 6.02. The molecule has 0 aliphatic heterocycles. The molecule has 0 fully saturated rings.